The number of ether oxygens (including phenoxy) is 1. The average molecular weight is 691 g/mol. The molecule has 1 unspecified atom stereocenters. The molecule has 3 aliphatic rings. The maximum Gasteiger partial charge on any atom is 0.291 e. The lowest BCUT2D eigenvalue weighted by Gasteiger charge is -2.43. The van der Waals surface area contributed by atoms with Gasteiger partial charge in [-0.25, -0.2) is 26.6 Å². The Kier molecular flexibility index (Phi) is 8.83. The van der Waals surface area contributed by atoms with Crippen LogP contribution in [0.25, 0.3) is 16.0 Å². The Balaban J connectivity index is 1.48. The van der Waals surface area contributed by atoms with Crippen LogP contribution in [0, 0.1) is 17.8 Å². The number of nitrogens with one attached hydrogen (secondary N) is 1. The van der Waals surface area contributed by atoms with Crippen LogP contribution in [-0.4, -0.2) is 102 Å². The number of anilines is 1. The van der Waals surface area contributed by atoms with Crippen LogP contribution >= 0.6 is 11.3 Å². The van der Waals surface area contributed by atoms with Crippen LogP contribution in [0.3, 0.4) is 0 Å². The molecule has 2 aromatic heterocycles. The van der Waals surface area contributed by atoms with Crippen molar-refractivity contribution in [2.45, 2.75) is 88.8 Å². The Labute approximate surface area is 279 Å². The van der Waals surface area contributed by atoms with Crippen LogP contribution in [0.2, 0.25) is 0 Å². The van der Waals surface area contributed by atoms with Crippen LogP contribution in [0.5, 0.6) is 5.88 Å². The number of rotatable bonds is 10. The van der Waals surface area contributed by atoms with Crippen molar-refractivity contribution in [3.8, 4) is 23.4 Å². The van der Waals surface area contributed by atoms with Crippen molar-refractivity contribution in [2.24, 2.45) is 5.41 Å². The molecule has 15 heteroatoms. The molecule has 4 heterocycles. The zero-order valence-corrected chi connectivity index (χ0v) is 29.5. The molecule has 0 radical (unpaired) electrons. The number of alkyl halides is 2. The number of hydrogen-bond acceptors (Lipinski definition) is 10. The van der Waals surface area contributed by atoms with Crippen molar-refractivity contribution >= 4 is 38.0 Å². The molecule has 47 heavy (non-hydrogen) atoms. The fourth-order valence-electron chi connectivity index (χ4n) is 6.34. The summed E-state index contributed by atoms with van der Waals surface area (Å²) < 4.78 is 65.8. The van der Waals surface area contributed by atoms with E-state index in [0.29, 0.717) is 46.9 Å². The van der Waals surface area contributed by atoms with E-state index in [1.165, 1.54) is 4.68 Å². The fourth-order valence-corrected chi connectivity index (χ4v) is 8.51. The van der Waals surface area contributed by atoms with Gasteiger partial charge in [0, 0.05) is 62.2 Å². The van der Waals surface area contributed by atoms with E-state index in [1.54, 1.807) is 12.1 Å². The van der Waals surface area contributed by atoms with Gasteiger partial charge in [0.25, 0.3) is 6.43 Å². The first-order valence-electron chi connectivity index (χ1n) is 16.0. The molecule has 0 spiro atoms. The standard InChI is InChI=1S/C32H44F2N8O3S2/c1-8-30(2,3)20-40-13-15-41(16-14-40)23-17-22(47(43,44)38-32(6)10-11-32)18-24-25(23)27(45-21-9-12-39(7)31(4,5)19-21)37-42(24)29-36-35-28(46-29)26(33)34/h1,17-18,21,26,38H,9-16,19-20H2,2-7H3. The van der Waals surface area contributed by atoms with E-state index >= 15 is 0 Å². The summed E-state index contributed by atoms with van der Waals surface area (Å²) in [4.78, 5) is 6.84. The highest BCUT2D eigenvalue weighted by atomic mass is 32.2. The second-order valence-electron chi connectivity index (χ2n) is 14.7. The van der Waals surface area contributed by atoms with Gasteiger partial charge in [-0.2, -0.15) is 0 Å². The van der Waals surface area contributed by atoms with Gasteiger partial charge in [-0.3, -0.25) is 4.90 Å². The molecule has 1 atom stereocenters. The van der Waals surface area contributed by atoms with E-state index in [4.69, 9.17) is 16.3 Å². The van der Waals surface area contributed by atoms with Crippen molar-refractivity contribution in [1.29, 1.82) is 0 Å². The lowest BCUT2D eigenvalue weighted by Crippen LogP contribution is -2.50. The summed E-state index contributed by atoms with van der Waals surface area (Å²) in [6.07, 6.45) is 5.84. The molecular formula is C32H44F2N8O3S2. The molecule has 3 aromatic rings. The number of aromatic nitrogens is 4. The third kappa shape index (κ3) is 7.12. The van der Waals surface area contributed by atoms with Crippen LogP contribution in [-0.2, 0) is 10.0 Å². The van der Waals surface area contributed by atoms with Crippen LogP contribution in [0.4, 0.5) is 14.5 Å². The molecule has 0 amide bonds. The minimum atomic E-state index is -3.94. The van der Waals surface area contributed by atoms with Crippen molar-refractivity contribution in [1.82, 2.24) is 34.5 Å². The number of terminal acetylenes is 1. The molecule has 1 N–H and O–H groups in total. The second kappa shape index (κ2) is 12.2. The monoisotopic (exact) mass is 690 g/mol. The number of nitrogens with zero attached hydrogens (tertiary/aromatic N) is 7. The molecule has 6 rings (SSSR count). The van der Waals surface area contributed by atoms with Gasteiger partial charge in [-0.1, -0.05) is 17.3 Å². The zero-order valence-electron chi connectivity index (χ0n) is 27.9. The Morgan fingerprint density at radius 3 is 2.45 bits per heavy atom. The van der Waals surface area contributed by atoms with Crippen LogP contribution in [0.1, 0.15) is 71.7 Å². The summed E-state index contributed by atoms with van der Waals surface area (Å²) >= 11 is 0.715. The maximum absolute atomic E-state index is 13.8. The van der Waals surface area contributed by atoms with Gasteiger partial charge in [0.1, 0.15) is 6.10 Å². The minimum Gasteiger partial charge on any atom is -0.473 e. The van der Waals surface area contributed by atoms with Gasteiger partial charge in [0.05, 0.1) is 21.5 Å². The van der Waals surface area contributed by atoms with Crippen molar-refractivity contribution in [2.75, 3.05) is 51.2 Å². The lowest BCUT2D eigenvalue weighted by molar-refractivity contribution is 0.0245. The van der Waals surface area contributed by atoms with Gasteiger partial charge < -0.3 is 14.5 Å². The van der Waals surface area contributed by atoms with Crippen LogP contribution < -0.4 is 14.4 Å². The first-order chi connectivity index (χ1) is 22.0. The fraction of sp³-hybridized carbons (Fsp3) is 0.656. The molecular weight excluding hydrogens is 647 g/mol. The summed E-state index contributed by atoms with van der Waals surface area (Å²) in [6.45, 7) is 14.6. The number of halogens is 2. The van der Waals surface area contributed by atoms with Gasteiger partial charge in [-0.15, -0.1) is 21.7 Å². The molecule has 3 fully saturated rings. The third-order valence-electron chi connectivity index (χ3n) is 9.74. The smallest absolute Gasteiger partial charge is 0.291 e. The molecule has 1 saturated carbocycles. The number of sulfonamides is 1. The number of benzene rings is 1. The normalized spacial score (nSPS) is 22.1. The van der Waals surface area contributed by atoms with E-state index < -0.39 is 27.0 Å². The lowest BCUT2D eigenvalue weighted by atomic mass is 9.89. The number of hydrogen-bond donors (Lipinski definition) is 1. The Bertz CT molecular complexity index is 1790. The average Bonchev–Trinajstić information content (AvgIpc) is 3.37. The molecule has 0 bridgehead atoms. The van der Waals surface area contributed by atoms with Gasteiger partial charge in [0.2, 0.25) is 21.0 Å². The number of fused-ring (bicyclic) bond motifs is 1. The molecule has 11 nitrogen and oxygen atoms in total. The largest absolute Gasteiger partial charge is 0.473 e. The third-order valence-corrected chi connectivity index (χ3v) is 12.3. The maximum atomic E-state index is 13.8. The topological polar surface area (TPSA) is 109 Å². The van der Waals surface area contributed by atoms with E-state index in [9.17, 15) is 17.2 Å². The molecule has 1 aromatic carbocycles. The first-order valence-corrected chi connectivity index (χ1v) is 18.3. The number of likely N-dealkylation sites (tertiary alicyclic amines) is 1. The minimum absolute atomic E-state index is 0.0655. The molecule has 1 aliphatic carbocycles. The molecule has 256 valence electrons. The summed E-state index contributed by atoms with van der Waals surface area (Å²) in [5.74, 6) is 3.18. The number of piperidine rings is 1. The van der Waals surface area contributed by atoms with E-state index in [-0.39, 0.29) is 27.1 Å². The highest BCUT2D eigenvalue weighted by Crippen LogP contribution is 2.42. The Hall–Kier alpha value is -2.90. The quantitative estimate of drug-likeness (QED) is 0.304. The SMILES string of the molecule is C#CC(C)(C)CN1CCN(c2cc(S(=O)(=O)NC3(C)CC3)cc3c2c(OC2CCN(C)C(C)(C)C2)nn3-c2nnc(C(F)F)s2)CC1. The Morgan fingerprint density at radius 1 is 1.15 bits per heavy atom. The van der Waals surface area contributed by atoms with Gasteiger partial charge in [0.15, 0.2) is 5.01 Å². The van der Waals surface area contributed by atoms with Gasteiger partial charge in [-0.05, 0) is 73.1 Å². The predicted molar refractivity (Wildman–Crippen MR) is 179 cm³/mol. The first kappa shape index (κ1) is 34.0. The summed E-state index contributed by atoms with van der Waals surface area (Å²) in [7, 11) is -1.85. The van der Waals surface area contributed by atoms with Crippen LogP contribution in [0.15, 0.2) is 17.0 Å². The van der Waals surface area contributed by atoms with Crippen molar-refractivity contribution in [3.05, 3.63) is 17.1 Å². The summed E-state index contributed by atoms with van der Waals surface area (Å²) in [5.41, 5.74) is 0.177. The summed E-state index contributed by atoms with van der Waals surface area (Å²) in [5, 5.41) is 12.8. The highest BCUT2D eigenvalue weighted by Gasteiger charge is 2.42. The second-order valence-corrected chi connectivity index (χ2v) is 17.4. The van der Waals surface area contributed by atoms with Crippen molar-refractivity contribution < 1.29 is 21.9 Å². The predicted octanol–water partition coefficient (Wildman–Crippen LogP) is 4.68. The highest BCUT2D eigenvalue weighted by molar-refractivity contribution is 7.89. The Morgan fingerprint density at radius 2 is 1.85 bits per heavy atom. The van der Waals surface area contributed by atoms with Crippen molar-refractivity contribution in [3.63, 3.8) is 0 Å². The zero-order chi connectivity index (χ0) is 33.9. The molecule has 2 saturated heterocycles. The van der Waals surface area contributed by atoms with E-state index in [1.807, 2.05) is 20.8 Å². The van der Waals surface area contributed by atoms with E-state index in [2.05, 4.69) is 56.4 Å². The number of piperazine rings is 1. The summed E-state index contributed by atoms with van der Waals surface area (Å²) in [6, 6.07) is 3.24. The molecule has 2 aliphatic heterocycles. The van der Waals surface area contributed by atoms with E-state index in [0.717, 1.165) is 51.9 Å². The van der Waals surface area contributed by atoms with Gasteiger partial charge >= 0.3 is 0 Å².